The maximum absolute atomic E-state index is 13.5. The molecule has 7 heteroatoms. The van der Waals surface area contributed by atoms with Crippen LogP contribution in [-0.4, -0.2) is 72.2 Å². The molecule has 1 aliphatic rings. The van der Waals surface area contributed by atoms with E-state index in [-0.39, 0.29) is 0 Å². The molecule has 4 nitrogen and oxygen atoms in total. The van der Waals surface area contributed by atoms with Crippen LogP contribution in [0, 0.1) is 11.6 Å². The van der Waals surface area contributed by atoms with E-state index < -0.39 is 11.6 Å². The molecule has 1 N–H and O–H groups in total. The molecule has 0 unspecified atom stereocenters. The van der Waals surface area contributed by atoms with Crippen molar-refractivity contribution in [1.82, 2.24) is 14.7 Å². The maximum Gasteiger partial charge on any atom is 0.173 e. The fourth-order valence-electron chi connectivity index (χ4n) is 3.29. The Bertz CT molecular complexity index is 581. The summed E-state index contributed by atoms with van der Waals surface area (Å²) in [4.78, 5) is 6.76. The van der Waals surface area contributed by atoms with Crippen LogP contribution in [0.3, 0.4) is 0 Å². The van der Waals surface area contributed by atoms with Gasteiger partial charge in [-0.2, -0.15) is 0 Å². The van der Waals surface area contributed by atoms with E-state index in [0.717, 1.165) is 45.1 Å². The minimum Gasteiger partial charge on any atom is -0.345 e. The minimum atomic E-state index is -0.611. The molecule has 0 amide bonds. The standard InChI is InChI=1S/C19H30F2N4S/c1-14(2)24-7-5-18(6-8-24)25(10-9-23(3)4)19(26)22-17-12-15(20)11-16(21)13-17/h11-14,18H,5-10H2,1-4H3,(H,22,26). The molecule has 2 rings (SSSR count). The molecule has 0 aliphatic carbocycles. The van der Waals surface area contributed by atoms with Crippen molar-refractivity contribution >= 4 is 23.0 Å². The van der Waals surface area contributed by atoms with E-state index >= 15 is 0 Å². The van der Waals surface area contributed by atoms with Crippen molar-refractivity contribution in [2.45, 2.75) is 38.8 Å². The Kier molecular flexibility index (Phi) is 7.73. The number of likely N-dealkylation sites (tertiary alicyclic amines) is 1. The van der Waals surface area contributed by atoms with Gasteiger partial charge in [0, 0.05) is 50.0 Å². The van der Waals surface area contributed by atoms with Gasteiger partial charge in [0.1, 0.15) is 11.6 Å². The molecular weight excluding hydrogens is 354 g/mol. The average molecular weight is 385 g/mol. The van der Waals surface area contributed by atoms with Crippen LogP contribution >= 0.6 is 12.2 Å². The van der Waals surface area contributed by atoms with E-state index in [1.165, 1.54) is 12.1 Å². The van der Waals surface area contributed by atoms with Crippen LogP contribution in [0.2, 0.25) is 0 Å². The van der Waals surface area contributed by atoms with Crippen LogP contribution in [0.15, 0.2) is 18.2 Å². The number of anilines is 1. The van der Waals surface area contributed by atoms with E-state index in [9.17, 15) is 8.78 Å². The van der Waals surface area contributed by atoms with Gasteiger partial charge in [0.15, 0.2) is 5.11 Å². The number of hydrogen-bond acceptors (Lipinski definition) is 3. The molecule has 26 heavy (non-hydrogen) atoms. The van der Waals surface area contributed by atoms with Crippen LogP contribution in [0.5, 0.6) is 0 Å². The highest BCUT2D eigenvalue weighted by molar-refractivity contribution is 7.80. The van der Waals surface area contributed by atoms with Gasteiger partial charge in [0.2, 0.25) is 0 Å². The number of thiocarbonyl (C=S) groups is 1. The molecule has 0 aromatic heterocycles. The molecule has 0 saturated carbocycles. The highest BCUT2D eigenvalue weighted by Crippen LogP contribution is 2.20. The van der Waals surface area contributed by atoms with Gasteiger partial charge >= 0.3 is 0 Å². The highest BCUT2D eigenvalue weighted by atomic mass is 32.1. The topological polar surface area (TPSA) is 21.8 Å². The second kappa shape index (κ2) is 9.58. The summed E-state index contributed by atoms with van der Waals surface area (Å²) in [6.07, 6.45) is 2.07. The molecule has 1 aromatic carbocycles. The summed E-state index contributed by atoms with van der Waals surface area (Å²) in [6, 6.07) is 4.27. The molecule has 1 aromatic rings. The lowest BCUT2D eigenvalue weighted by Crippen LogP contribution is -2.51. The number of piperidine rings is 1. The largest absolute Gasteiger partial charge is 0.345 e. The van der Waals surface area contributed by atoms with Crippen LogP contribution in [-0.2, 0) is 0 Å². The van der Waals surface area contributed by atoms with Crippen LogP contribution < -0.4 is 5.32 Å². The highest BCUT2D eigenvalue weighted by Gasteiger charge is 2.27. The first-order valence-electron chi connectivity index (χ1n) is 9.18. The SMILES string of the molecule is CC(C)N1CCC(N(CCN(C)C)C(=S)Nc2cc(F)cc(F)c2)CC1. The third-order valence-electron chi connectivity index (χ3n) is 4.83. The smallest absolute Gasteiger partial charge is 0.173 e. The Balaban J connectivity index is 2.07. The first kappa shape index (κ1) is 21.0. The number of nitrogens with one attached hydrogen (secondary N) is 1. The lowest BCUT2D eigenvalue weighted by atomic mass is 10.0. The number of benzene rings is 1. The lowest BCUT2D eigenvalue weighted by Gasteiger charge is -2.41. The molecule has 0 radical (unpaired) electrons. The Morgan fingerprint density at radius 1 is 1.15 bits per heavy atom. The first-order valence-corrected chi connectivity index (χ1v) is 9.59. The van der Waals surface area contributed by atoms with Crippen molar-refractivity contribution in [2.24, 2.45) is 0 Å². The quantitative estimate of drug-likeness (QED) is 0.757. The van der Waals surface area contributed by atoms with Crippen molar-refractivity contribution < 1.29 is 8.78 Å². The second-order valence-corrected chi connectivity index (χ2v) is 7.83. The molecule has 146 valence electrons. The zero-order valence-electron chi connectivity index (χ0n) is 16.1. The van der Waals surface area contributed by atoms with Gasteiger partial charge in [-0.3, -0.25) is 0 Å². The predicted octanol–water partition coefficient (Wildman–Crippen LogP) is 3.40. The summed E-state index contributed by atoms with van der Waals surface area (Å²) in [7, 11) is 4.05. The van der Waals surface area contributed by atoms with Crippen molar-refractivity contribution in [3.63, 3.8) is 0 Å². The summed E-state index contributed by atoms with van der Waals surface area (Å²) in [6.45, 7) is 8.16. The molecule has 0 bridgehead atoms. The summed E-state index contributed by atoms with van der Waals surface area (Å²) < 4.78 is 26.9. The monoisotopic (exact) mass is 384 g/mol. The van der Waals surface area contributed by atoms with Crippen LogP contribution in [0.4, 0.5) is 14.5 Å². The Morgan fingerprint density at radius 2 is 1.73 bits per heavy atom. The molecule has 1 aliphatic heterocycles. The number of likely N-dealkylation sites (N-methyl/N-ethyl adjacent to an activating group) is 1. The number of hydrogen-bond donors (Lipinski definition) is 1. The van der Waals surface area contributed by atoms with Crippen molar-refractivity contribution in [1.29, 1.82) is 0 Å². The van der Waals surface area contributed by atoms with Gasteiger partial charge in [-0.15, -0.1) is 0 Å². The lowest BCUT2D eigenvalue weighted by molar-refractivity contribution is 0.125. The fourth-order valence-corrected chi connectivity index (χ4v) is 3.65. The van der Waals surface area contributed by atoms with Gasteiger partial charge in [0.05, 0.1) is 0 Å². The van der Waals surface area contributed by atoms with Gasteiger partial charge in [-0.1, -0.05) is 0 Å². The van der Waals surface area contributed by atoms with Crippen molar-refractivity contribution in [3.8, 4) is 0 Å². The van der Waals surface area contributed by atoms with Crippen molar-refractivity contribution in [3.05, 3.63) is 29.8 Å². The molecule has 1 fully saturated rings. The van der Waals surface area contributed by atoms with Gasteiger partial charge < -0.3 is 20.0 Å². The zero-order valence-corrected chi connectivity index (χ0v) is 17.0. The van der Waals surface area contributed by atoms with Crippen molar-refractivity contribution in [2.75, 3.05) is 45.6 Å². The summed E-state index contributed by atoms with van der Waals surface area (Å²) in [5, 5.41) is 3.55. The fraction of sp³-hybridized carbons (Fsp3) is 0.632. The number of rotatable bonds is 6. The summed E-state index contributed by atoms with van der Waals surface area (Å²) >= 11 is 5.60. The summed E-state index contributed by atoms with van der Waals surface area (Å²) in [5.41, 5.74) is 0.349. The molecule has 0 spiro atoms. The normalized spacial score (nSPS) is 16.3. The van der Waals surface area contributed by atoms with Gasteiger partial charge in [0.25, 0.3) is 0 Å². The molecule has 1 saturated heterocycles. The van der Waals surface area contributed by atoms with E-state index in [0.29, 0.717) is 22.9 Å². The zero-order chi connectivity index (χ0) is 19.3. The Labute approximate surface area is 161 Å². The van der Waals surface area contributed by atoms with Crippen LogP contribution in [0.25, 0.3) is 0 Å². The predicted molar refractivity (Wildman–Crippen MR) is 108 cm³/mol. The van der Waals surface area contributed by atoms with Crippen LogP contribution in [0.1, 0.15) is 26.7 Å². The third-order valence-corrected chi connectivity index (χ3v) is 5.17. The Hall–Kier alpha value is -1.31. The summed E-state index contributed by atoms with van der Waals surface area (Å²) in [5.74, 6) is -1.22. The van der Waals surface area contributed by atoms with Gasteiger partial charge in [-0.05, 0) is 65.1 Å². The first-order chi connectivity index (χ1) is 12.3. The van der Waals surface area contributed by atoms with E-state index in [1.807, 2.05) is 14.1 Å². The Morgan fingerprint density at radius 3 is 2.23 bits per heavy atom. The molecule has 0 atom stereocenters. The second-order valence-electron chi connectivity index (χ2n) is 7.45. The molecule has 1 heterocycles. The number of halogens is 2. The van der Waals surface area contributed by atoms with E-state index in [1.54, 1.807) is 0 Å². The maximum atomic E-state index is 13.5. The molecular formula is C19H30F2N4S. The van der Waals surface area contributed by atoms with E-state index in [2.05, 4.69) is 33.9 Å². The average Bonchev–Trinajstić information content (AvgIpc) is 2.54. The van der Waals surface area contributed by atoms with Gasteiger partial charge in [-0.25, -0.2) is 8.78 Å². The number of nitrogens with zero attached hydrogens (tertiary/aromatic N) is 3. The minimum absolute atomic E-state index is 0.336. The third kappa shape index (κ3) is 6.14. The van der Waals surface area contributed by atoms with E-state index in [4.69, 9.17) is 12.2 Å².